The maximum absolute atomic E-state index is 12.1. The molecule has 130 valence electrons. The summed E-state index contributed by atoms with van der Waals surface area (Å²) in [6.45, 7) is -0.0384. The van der Waals surface area contributed by atoms with E-state index in [0.29, 0.717) is 5.75 Å². The van der Waals surface area contributed by atoms with Crippen LogP contribution < -0.4 is 14.3 Å². The number of nitro benzene ring substituents is 1. The van der Waals surface area contributed by atoms with E-state index in [4.69, 9.17) is 9.47 Å². The molecule has 0 unspecified atom stereocenters. The molecule has 11 heteroatoms. The normalized spacial score (nSPS) is 13.2. The van der Waals surface area contributed by atoms with Gasteiger partial charge in [0.15, 0.2) is 11.5 Å². The van der Waals surface area contributed by atoms with Gasteiger partial charge in [-0.2, -0.15) is 13.5 Å². The van der Waals surface area contributed by atoms with E-state index in [-0.39, 0.29) is 28.7 Å². The second-order valence-electron chi connectivity index (χ2n) is 4.83. The molecule has 25 heavy (non-hydrogen) atoms. The molecule has 1 heterocycles. The molecule has 2 aromatic rings. The molecule has 0 fully saturated rings. The molecule has 0 saturated heterocycles. The molecule has 0 aliphatic carbocycles. The minimum Gasteiger partial charge on any atom is -0.454 e. The number of hydrazone groups is 1. The fraction of sp³-hybridized carbons (Fsp3) is 0.0714. The van der Waals surface area contributed by atoms with Crippen LogP contribution in [0.4, 0.5) is 5.69 Å². The molecule has 0 amide bonds. The number of nitrogens with zero attached hydrogens (tertiary/aromatic N) is 2. The lowest BCUT2D eigenvalue weighted by Crippen LogP contribution is -2.18. The summed E-state index contributed by atoms with van der Waals surface area (Å²) in [5, 5.41) is 14.7. The summed E-state index contributed by atoms with van der Waals surface area (Å²) in [6.07, 6.45) is 1.04. The summed E-state index contributed by atoms with van der Waals surface area (Å²) in [6, 6.07) is 8.49. The zero-order valence-electron chi connectivity index (χ0n) is 12.4. The first-order chi connectivity index (χ1) is 11.9. The predicted molar refractivity (Wildman–Crippen MR) is 91.3 cm³/mol. The van der Waals surface area contributed by atoms with Crippen LogP contribution in [0.3, 0.4) is 0 Å². The number of nitrogens with one attached hydrogen (secondary N) is 1. The van der Waals surface area contributed by atoms with Crippen molar-refractivity contribution < 1.29 is 22.8 Å². The summed E-state index contributed by atoms with van der Waals surface area (Å²) in [4.78, 5) is 12.5. The Balaban J connectivity index is 1.85. The van der Waals surface area contributed by atoms with Gasteiger partial charge in [0.25, 0.3) is 15.7 Å². The van der Waals surface area contributed by atoms with Gasteiger partial charge in [0, 0.05) is 4.47 Å². The van der Waals surface area contributed by atoms with Crippen molar-refractivity contribution in [2.45, 2.75) is 4.90 Å². The van der Waals surface area contributed by atoms with E-state index in [0.717, 1.165) is 10.7 Å². The molecule has 0 bridgehead atoms. The SMILES string of the molecule is O=[N+]([O-])c1cc2c(cc1/C=N\NS(=O)(=O)c1ccc(Br)cc1)OCO2. The van der Waals surface area contributed by atoms with Crippen LogP contribution in [0.15, 0.2) is 50.9 Å². The quantitative estimate of drug-likeness (QED) is 0.444. The van der Waals surface area contributed by atoms with Crippen molar-refractivity contribution in [1.29, 1.82) is 0 Å². The Bertz CT molecular complexity index is 959. The van der Waals surface area contributed by atoms with Gasteiger partial charge in [-0.15, -0.1) is 0 Å². The summed E-state index contributed by atoms with van der Waals surface area (Å²) < 4.78 is 35.2. The number of ether oxygens (including phenoxy) is 2. The third-order valence-corrected chi connectivity index (χ3v) is 4.99. The van der Waals surface area contributed by atoms with Gasteiger partial charge in [-0.3, -0.25) is 10.1 Å². The molecule has 1 aliphatic heterocycles. The predicted octanol–water partition coefficient (Wildman–Crippen LogP) is 2.40. The lowest BCUT2D eigenvalue weighted by Gasteiger charge is -2.04. The average Bonchev–Trinajstić information content (AvgIpc) is 3.01. The Labute approximate surface area is 150 Å². The molecular weight excluding hydrogens is 418 g/mol. The van der Waals surface area contributed by atoms with E-state index in [2.05, 4.69) is 21.0 Å². The third kappa shape index (κ3) is 3.72. The smallest absolute Gasteiger partial charge is 0.282 e. The van der Waals surface area contributed by atoms with Crippen LogP contribution in [0.25, 0.3) is 0 Å². The van der Waals surface area contributed by atoms with Crippen molar-refractivity contribution in [3.8, 4) is 11.5 Å². The second-order valence-corrected chi connectivity index (χ2v) is 7.40. The van der Waals surface area contributed by atoms with E-state index >= 15 is 0 Å². The maximum Gasteiger partial charge on any atom is 0.282 e. The highest BCUT2D eigenvalue weighted by molar-refractivity contribution is 9.10. The second kappa shape index (κ2) is 6.69. The number of benzene rings is 2. The number of nitro groups is 1. The molecule has 0 spiro atoms. The van der Waals surface area contributed by atoms with Gasteiger partial charge in [0.1, 0.15) is 0 Å². The number of sulfonamides is 1. The van der Waals surface area contributed by atoms with Crippen molar-refractivity contribution in [2.75, 3.05) is 6.79 Å². The molecule has 2 aromatic carbocycles. The number of rotatable bonds is 5. The molecular formula is C14H10BrN3O6S. The topological polar surface area (TPSA) is 120 Å². The van der Waals surface area contributed by atoms with Crippen LogP contribution in [0.5, 0.6) is 11.5 Å². The maximum atomic E-state index is 12.1. The van der Waals surface area contributed by atoms with Crippen molar-refractivity contribution in [3.05, 3.63) is 56.5 Å². The third-order valence-electron chi connectivity index (χ3n) is 3.22. The average molecular weight is 428 g/mol. The first-order valence-corrected chi connectivity index (χ1v) is 9.03. The van der Waals surface area contributed by atoms with Gasteiger partial charge in [-0.25, -0.2) is 4.83 Å². The molecule has 0 atom stereocenters. The first-order valence-electron chi connectivity index (χ1n) is 6.75. The van der Waals surface area contributed by atoms with Gasteiger partial charge >= 0.3 is 0 Å². The summed E-state index contributed by atoms with van der Waals surface area (Å²) in [7, 11) is -3.89. The highest BCUT2D eigenvalue weighted by atomic mass is 79.9. The van der Waals surface area contributed by atoms with E-state index in [1.807, 2.05) is 4.83 Å². The summed E-state index contributed by atoms with van der Waals surface area (Å²) in [5.74, 6) is 0.571. The molecule has 9 nitrogen and oxygen atoms in total. The van der Waals surface area contributed by atoms with Crippen LogP contribution in [-0.2, 0) is 10.0 Å². The molecule has 1 N–H and O–H groups in total. The highest BCUT2D eigenvalue weighted by Crippen LogP contribution is 2.37. The number of fused-ring (bicyclic) bond motifs is 1. The summed E-state index contributed by atoms with van der Waals surface area (Å²) >= 11 is 3.21. The Morgan fingerprint density at radius 3 is 2.48 bits per heavy atom. The van der Waals surface area contributed by atoms with Gasteiger partial charge < -0.3 is 9.47 Å². The summed E-state index contributed by atoms with van der Waals surface area (Å²) in [5.41, 5.74) is -0.205. The van der Waals surface area contributed by atoms with Crippen LogP contribution in [-0.4, -0.2) is 26.3 Å². The number of hydrogen-bond acceptors (Lipinski definition) is 7. The molecule has 3 rings (SSSR count). The van der Waals surface area contributed by atoms with Gasteiger partial charge in [0.05, 0.1) is 27.7 Å². The Kier molecular flexibility index (Phi) is 4.59. The van der Waals surface area contributed by atoms with E-state index in [1.165, 1.54) is 24.3 Å². The lowest BCUT2D eigenvalue weighted by atomic mass is 10.1. The zero-order chi connectivity index (χ0) is 18.0. The largest absolute Gasteiger partial charge is 0.454 e. The van der Waals surface area contributed by atoms with Crippen molar-refractivity contribution in [3.63, 3.8) is 0 Å². The molecule has 1 aliphatic rings. The van der Waals surface area contributed by atoms with Crippen LogP contribution >= 0.6 is 15.9 Å². The lowest BCUT2D eigenvalue weighted by molar-refractivity contribution is -0.385. The highest BCUT2D eigenvalue weighted by Gasteiger charge is 2.22. The van der Waals surface area contributed by atoms with Crippen LogP contribution in [0, 0.1) is 10.1 Å². The minimum absolute atomic E-state index is 0.00744. The van der Waals surface area contributed by atoms with E-state index < -0.39 is 14.9 Å². The van der Waals surface area contributed by atoms with Crippen LogP contribution in [0.2, 0.25) is 0 Å². The monoisotopic (exact) mass is 427 g/mol. The van der Waals surface area contributed by atoms with Gasteiger partial charge in [-0.05, 0) is 30.3 Å². The first kappa shape index (κ1) is 17.2. The van der Waals surface area contributed by atoms with Crippen molar-refractivity contribution in [2.24, 2.45) is 5.10 Å². The standard InChI is InChI=1S/C14H10BrN3O6S/c15-10-1-3-11(4-2-10)25(21,22)17-16-7-9-5-13-14(24-8-23-13)6-12(9)18(19)20/h1-7,17H,8H2/b16-7-. The minimum atomic E-state index is -3.89. The van der Waals surface area contributed by atoms with E-state index in [1.54, 1.807) is 12.1 Å². The molecule has 0 radical (unpaired) electrons. The number of hydrogen-bond donors (Lipinski definition) is 1. The number of halogens is 1. The molecule has 0 saturated carbocycles. The Morgan fingerprint density at radius 2 is 1.84 bits per heavy atom. The van der Waals surface area contributed by atoms with Gasteiger partial charge in [-0.1, -0.05) is 15.9 Å². The molecule has 0 aromatic heterocycles. The Morgan fingerprint density at radius 1 is 1.20 bits per heavy atom. The fourth-order valence-electron chi connectivity index (χ4n) is 2.04. The van der Waals surface area contributed by atoms with Crippen molar-refractivity contribution in [1.82, 2.24) is 4.83 Å². The van der Waals surface area contributed by atoms with E-state index in [9.17, 15) is 18.5 Å². The Hall–Kier alpha value is -2.66. The fourth-order valence-corrected chi connectivity index (χ4v) is 3.10. The van der Waals surface area contributed by atoms with Gasteiger partial charge in [0.2, 0.25) is 6.79 Å². The zero-order valence-corrected chi connectivity index (χ0v) is 14.8. The van der Waals surface area contributed by atoms with Crippen molar-refractivity contribution >= 4 is 37.9 Å². The van der Waals surface area contributed by atoms with Crippen LogP contribution in [0.1, 0.15) is 5.56 Å².